The number of hydrogen-bond donors (Lipinski definition) is 2. The first-order valence-electron chi connectivity index (χ1n) is 5.67. The fraction of sp³-hybridized carbons (Fsp3) is 0.583. The van der Waals surface area contributed by atoms with Gasteiger partial charge in [0, 0.05) is 18.8 Å². The van der Waals surface area contributed by atoms with E-state index >= 15 is 0 Å². The molecule has 1 aromatic heterocycles. The largest absolute Gasteiger partial charge is 0.396 e. The maximum Gasteiger partial charge on any atom is 0.129 e. The summed E-state index contributed by atoms with van der Waals surface area (Å²) < 4.78 is 0. The molecule has 0 aromatic carbocycles. The summed E-state index contributed by atoms with van der Waals surface area (Å²) in [5.41, 5.74) is 1.19. The Morgan fingerprint density at radius 2 is 2.31 bits per heavy atom. The lowest BCUT2D eigenvalue weighted by Crippen LogP contribution is -2.28. The van der Waals surface area contributed by atoms with Gasteiger partial charge < -0.3 is 10.4 Å². The number of nitrogens with one attached hydrogen (secondary N) is 1. The Hall–Kier alpha value is -0.640. The van der Waals surface area contributed by atoms with Crippen molar-refractivity contribution in [2.45, 2.75) is 32.2 Å². The molecule has 16 heavy (non-hydrogen) atoms. The van der Waals surface area contributed by atoms with Gasteiger partial charge in [0.15, 0.2) is 0 Å². The molecular weight excluding hydrogens is 224 g/mol. The normalized spacial score (nSPS) is 12.7. The second-order valence-electron chi connectivity index (χ2n) is 3.96. The molecule has 0 bridgehead atoms. The van der Waals surface area contributed by atoms with E-state index in [4.69, 9.17) is 16.7 Å². The van der Waals surface area contributed by atoms with Crippen LogP contribution in [0.5, 0.6) is 0 Å². The van der Waals surface area contributed by atoms with Crippen LogP contribution in [0.2, 0.25) is 5.15 Å². The Balaban J connectivity index is 2.17. The van der Waals surface area contributed by atoms with E-state index in [2.05, 4.69) is 17.2 Å². The standard InChI is InChI=1S/C12H19ClN2O/c1-10(3-2-8-16)14-7-6-11-4-5-12(13)15-9-11/h4-5,9-10,14,16H,2-3,6-8H2,1H3. The minimum absolute atomic E-state index is 0.271. The summed E-state index contributed by atoms with van der Waals surface area (Å²) in [7, 11) is 0. The fourth-order valence-electron chi connectivity index (χ4n) is 1.52. The molecule has 2 N–H and O–H groups in total. The van der Waals surface area contributed by atoms with Gasteiger partial charge in [-0.05, 0) is 44.4 Å². The predicted molar refractivity (Wildman–Crippen MR) is 66.7 cm³/mol. The van der Waals surface area contributed by atoms with E-state index in [-0.39, 0.29) is 6.61 Å². The highest BCUT2D eigenvalue weighted by atomic mass is 35.5. The molecule has 0 aliphatic heterocycles. The van der Waals surface area contributed by atoms with Crippen LogP contribution in [-0.2, 0) is 6.42 Å². The van der Waals surface area contributed by atoms with Crippen LogP contribution in [0.4, 0.5) is 0 Å². The van der Waals surface area contributed by atoms with E-state index in [1.807, 2.05) is 18.3 Å². The SMILES string of the molecule is CC(CCCO)NCCc1ccc(Cl)nc1. The van der Waals surface area contributed by atoms with Gasteiger partial charge >= 0.3 is 0 Å². The fourth-order valence-corrected chi connectivity index (χ4v) is 1.63. The predicted octanol–water partition coefficient (Wildman–Crippen LogP) is 2.03. The highest BCUT2D eigenvalue weighted by Gasteiger charge is 2.00. The van der Waals surface area contributed by atoms with Crippen molar-refractivity contribution in [3.05, 3.63) is 29.0 Å². The Labute approximate surface area is 102 Å². The van der Waals surface area contributed by atoms with Crippen LogP contribution < -0.4 is 5.32 Å². The van der Waals surface area contributed by atoms with Gasteiger partial charge in [0.05, 0.1) is 0 Å². The number of halogens is 1. The number of aliphatic hydroxyl groups is 1. The zero-order valence-electron chi connectivity index (χ0n) is 9.62. The third-order valence-corrected chi connectivity index (χ3v) is 2.71. The summed E-state index contributed by atoms with van der Waals surface area (Å²) >= 11 is 5.70. The van der Waals surface area contributed by atoms with Gasteiger partial charge in [-0.25, -0.2) is 4.98 Å². The van der Waals surface area contributed by atoms with Gasteiger partial charge in [0.2, 0.25) is 0 Å². The van der Waals surface area contributed by atoms with Gasteiger partial charge in [0.25, 0.3) is 0 Å². The quantitative estimate of drug-likeness (QED) is 0.720. The summed E-state index contributed by atoms with van der Waals surface area (Å²) in [5, 5.41) is 12.6. The molecule has 0 amide bonds. The zero-order valence-corrected chi connectivity index (χ0v) is 10.4. The van der Waals surface area contributed by atoms with E-state index < -0.39 is 0 Å². The summed E-state index contributed by atoms with van der Waals surface area (Å²) in [6, 6.07) is 4.26. The molecule has 0 aliphatic carbocycles. The topological polar surface area (TPSA) is 45.1 Å². The van der Waals surface area contributed by atoms with Crippen molar-refractivity contribution in [2.24, 2.45) is 0 Å². The van der Waals surface area contributed by atoms with Crippen LogP contribution in [-0.4, -0.2) is 29.3 Å². The molecule has 1 aromatic rings. The van der Waals surface area contributed by atoms with Crippen LogP contribution in [0.15, 0.2) is 18.3 Å². The molecule has 0 saturated heterocycles. The highest BCUT2D eigenvalue weighted by molar-refractivity contribution is 6.29. The number of rotatable bonds is 7. The average molecular weight is 243 g/mol. The first-order valence-corrected chi connectivity index (χ1v) is 6.05. The minimum Gasteiger partial charge on any atom is -0.396 e. The van der Waals surface area contributed by atoms with Crippen LogP contribution in [0.1, 0.15) is 25.3 Å². The summed E-state index contributed by atoms with van der Waals surface area (Å²) in [4.78, 5) is 4.03. The lowest BCUT2D eigenvalue weighted by molar-refractivity contribution is 0.276. The Bertz CT molecular complexity index is 290. The molecule has 90 valence electrons. The van der Waals surface area contributed by atoms with Crippen molar-refractivity contribution in [3.63, 3.8) is 0 Å². The highest BCUT2D eigenvalue weighted by Crippen LogP contribution is 2.05. The number of aromatic nitrogens is 1. The van der Waals surface area contributed by atoms with Crippen LogP contribution in [0.3, 0.4) is 0 Å². The zero-order chi connectivity index (χ0) is 11.8. The van der Waals surface area contributed by atoms with E-state index in [1.165, 1.54) is 5.56 Å². The van der Waals surface area contributed by atoms with Gasteiger partial charge in [-0.3, -0.25) is 0 Å². The number of pyridine rings is 1. The first kappa shape index (κ1) is 13.4. The van der Waals surface area contributed by atoms with Gasteiger partial charge in [-0.1, -0.05) is 17.7 Å². The lowest BCUT2D eigenvalue weighted by atomic mass is 10.1. The van der Waals surface area contributed by atoms with Crippen LogP contribution >= 0.6 is 11.6 Å². The Morgan fingerprint density at radius 3 is 2.94 bits per heavy atom. The summed E-state index contributed by atoms with van der Waals surface area (Å²) in [6.45, 7) is 3.33. The van der Waals surface area contributed by atoms with Gasteiger partial charge in [-0.2, -0.15) is 0 Å². The van der Waals surface area contributed by atoms with E-state index in [1.54, 1.807) is 0 Å². The third kappa shape index (κ3) is 5.45. The molecule has 3 nitrogen and oxygen atoms in total. The van der Waals surface area contributed by atoms with Crippen molar-refractivity contribution >= 4 is 11.6 Å². The van der Waals surface area contributed by atoms with E-state index in [9.17, 15) is 0 Å². The third-order valence-electron chi connectivity index (χ3n) is 2.49. The monoisotopic (exact) mass is 242 g/mol. The molecule has 0 fully saturated rings. The van der Waals surface area contributed by atoms with Gasteiger partial charge in [0.1, 0.15) is 5.15 Å². The van der Waals surface area contributed by atoms with Crippen molar-refractivity contribution in [1.29, 1.82) is 0 Å². The molecule has 0 aliphatic rings. The molecule has 1 heterocycles. The summed E-state index contributed by atoms with van der Waals surface area (Å²) in [6.07, 6.45) is 4.63. The second-order valence-corrected chi connectivity index (χ2v) is 4.35. The second kappa shape index (κ2) is 7.60. The number of hydrogen-bond acceptors (Lipinski definition) is 3. The molecule has 0 radical (unpaired) electrons. The molecule has 1 rings (SSSR count). The van der Waals surface area contributed by atoms with E-state index in [0.717, 1.165) is 25.8 Å². The average Bonchev–Trinajstić information content (AvgIpc) is 2.29. The maximum absolute atomic E-state index is 8.70. The van der Waals surface area contributed by atoms with Crippen molar-refractivity contribution in [3.8, 4) is 0 Å². The lowest BCUT2D eigenvalue weighted by Gasteiger charge is -2.12. The minimum atomic E-state index is 0.271. The van der Waals surface area contributed by atoms with Gasteiger partial charge in [-0.15, -0.1) is 0 Å². The summed E-state index contributed by atoms with van der Waals surface area (Å²) in [5.74, 6) is 0. The Morgan fingerprint density at radius 1 is 1.50 bits per heavy atom. The number of aliphatic hydroxyl groups excluding tert-OH is 1. The molecule has 1 atom stereocenters. The Kier molecular flexibility index (Phi) is 6.38. The molecule has 1 unspecified atom stereocenters. The smallest absolute Gasteiger partial charge is 0.129 e. The maximum atomic E-state index is 8.70. The molecule has 4 heteroatoms. The molecule has 0 saturated carbocycles. The first-order chi connectivity index (χ1) is 7.72. The molecule has 0 spiro atoms. The van der Waals surface area contributed by atoms with Crippen LogP contribution in [0.25, 0.3) is 0 Å². The van der Waals surface area contributed by atoms with Crippen molar-refractivity contribution < 1.29 is 5.11 Å². The molecular formula is C12H19ClN2O. The number of nitrogens with zero attached hydrogens (tertiary/aromatic N) is 1. The van der Waals surface area contributed by atoms with Crippen molar-refractivity contribution in [2.75, 3.05) is 13.2 Å². The van der Waals surface area contributed by atoms with E-state index in [0.29, 0.717) is 11.2 Å². The van der Waals surface area contributed by atoms with Crippen molar-refractivity contribution in [1.82, 2.24) is 10.3 Å². The van der Waals surface area contributed by atoms with Crippen LogP contribution in [0, 0.1) is 0 Å².